The Bertz CT molecular complexity index is 625. The molecule has 0 radical (unpaired) electrons. The van der Waals surface area contributed by atoms with Gasteiger partial charge in [0.2, 0.25) is 5.91 Å². The number of nitro groups is 1. The number of alkyl halides is 4. The summed E-state index contributed by atoms with van der Waals surface area (Å²) >= 11 is 5.47. The molecule has 0 aromatic heterocycles. The third-order valence-electron chi connectivity index (χ3n) is 2.89. The number of amides is 2. The number of halogens is 4. The van der Waals surface area contributed by atoms with Gasteiger partial charge in [-0.3, -0.25) is 19.7 Å². The Kier molecular flexibility index (Phi) is 6.96. The summed E-state index contributed by atoms with van der Waals surface area (Å²) in [6, 6.07) is 5.41. The molecule has 0 bridgehead atoms. The number of hydrogen-bond donors (Lipinski definition) is 1. The molecular weight excluding hydrogens is 355 g/mol. The summed E-state index contributed by atoms with van der Waals surface area (Å²) < 4.78 is 36.2. The largest absolute Gasteiger partial charge is 0.471 e. The average molecular weight is 368 g/mol. The normalized spacial score (nSPS) is 11.0. The van der Waals surface area contributed by atoms with Gasteiger partial charge in [-0.1, -0.05) is 12.1 Å². The lowest BCUT2D eigenvalue weighted by molar-refractivity contribution is -0.384. The first-order chi connectivity index (χ1) is 11.2. The molecule has 11 heteroatoms. The molecule has 1 rings (SSSR count). The van der Waals surface area contributed by atoms with Crippen LogP contribution >= 0.6 is 11.6 Å². The van der Waals surface area contributed by atoms with Crippen molar-refractivity contribution in [1.82, 2.24) is 5.32 Å². The molecule has 0 aliphatic heterocycles. The number of nitrogens with one attached hydrogen (secondary N) is 1. The van der Waals surface area contributed by atoms with Crippen LogP contribution in [0.3, 0.4) is 0 Å². The van der Waals surface area contributed by atoms with Gasteiger partial charge in [-0.15, -0.1) is 11.6 Å². The van der Waals surface area contributed by atoms with E-state index in [-0.39, 0.29) is 30.9 Å². The molecule has 0 saturated carbocycles. The first kappa shape index (κ1) is 19.7. The van der Waals surface area contributed by atoms with Gasteiger partial charge in [-0.2, -0.15) is 13.2 Å². The van der Waals surface area contributed by atoms with Gasteiger partial charge < -0.3 is 10.2 Å². The zero-order valence-corrected chi connectivity index (χ0v) is 12.9. The van der Waals surface area contributed by atoms with Crippen molar-refractivity contribution in [3.8, 4) is 0 Å². The SMILES string of the molecule is O=C(CCl)N(CCCNC(=O)C(F)(F)F)c1ccccc1[N+](=O)[O-]. The molecule has 132 valence electrons. The Hall–Kier alpha value is -2.36. The second-order valence-electron chi connectivity index (χ2n) is 4.53. The topological polar surface area (TPSA) is 92.6 Å². The second kappa shape index (κ2) is 8.48. The maximum absolute atomic E-state index is 12.1. The minimum Gasteiger partial charge on any atom is -0.348 e. The average Bonchev–Trinajstić information content (AvgIpc) is 2.53. The lowest BCUT2D eigenvalue weighted by Gasteiger charge is -2.21. The van der Waals surface area contributed by atoms with Gasteiger partial charge in [-0.25, -0.2) is 0 Å². The van der Waals surface area contributed by atoms with Crippen molar-refractivity contribution >= 4 is 34.8 Å². The van der Waals surface area contributed by atoms with Crippen molar-refractivity contribution in [3.05, 3.63) is 34.4 Å². The summed E-state index contributed by atoms with van der Waals surface area (Å²) in [6.45, 7) is -0.500. The molecule has 0 unspecified atom stereocenters. The Labute approximate surface area is 139 Å². The van der Waals surface area contributed by atoms with Crippen LogP contribution in [0.2, 0.25) is 0 Å². The third kappa shape index (κ3) is 5.37. The van der Waals surface area contributed by atoms with Crippen molar-refractivity contribution in [2.45, 2.75) is 12.6 Å². The van der Waals surface area contributed by atoms with E-state index in [1.165, 1.54) is 24.3 Å². The van der Waals surface area contributed by atoms with E-state index < -0.39 is 28.8 Å². The van der Waals surface area contributed by atoms with E-state index >= 15 is 0 Å². The monoisotopic (exact) mass is 367 g/mol. The number of para-hydroxylation sites is 2. The van der Waals surface area contributed by atoms with Gasteiger partial charge >= 0.3 is 12.1 Å². The first-order valence-corrected chi connectivity index (χ1v) is 7.16. The molecule has 0 spiro atoms. The third-order valence-corrected chi connectivity index (χ3v) is 3.11. The molecule has 1 aromatic rings. The number of rotatable bonds is 7. The Morgan fingerprint density at radius 3 is 2.46 bits per heavy atom. The highest BCUT2D eigenvalue weighted by atomic mass is 35.5. The summed E-state index contributed by atoms with van der Waals surface area (Å²) in [6.07, 6.45) is -5.04. The standard InChI is InChI=1S/C13H13ClF3N3O4/c14-8-11(21)19(7-3-6-18-12(22)13(15,16)17)9-4-1-2-5-10(9)20(23)24/h1-2,4-5H,3,6-8H2,(H,18,22). The van der Waals surface area contributed by atoms with Crippen LogP contribution in [0.25, 0.3) is 0 Å². The summed E-state index contributed by atoms with van der Waals surface area (Å²) in [5, 5.41) is 12.7. The minimum absolute atomic E-state index is 0.0182. The zero-order valence-electron chi connectivity index (χ0n) is 12.2. The summed E-state index contributed by atoms with van der Waals surface area (Å²) in [4.78, 5) is 33.9. The molecule has 1 N–H and O–H groups in total. The van der Waals surface area contributed by atoms with Gasteiger partial charge in [-0.05, 0) is 12.5 Å². The van der Waals surface area contributed by atoms with E-state index in [0.29, 0.717) is 0 Å². The van der Waals surface area contributed by atoms with E-state index in [0.717, 1.165) is 4.90 Å². The van der Waals surface area contributed by atoms with Crippen molar-refractivity contribution < 1.29 is 27.7 Å². The number of carbonyl (C=O) groups excluding carboxylic acids is 2. The van der Waals surface area contributed by atoms with Gasteiger partial charge in [0.25, 0.3) is 5.69 Å². The molecule has 0 aliphatic carbocycles. The highest BCUT2D eigenvalue weighted by Crippen LogP contribution is 2.28. The zero-order chi connectivity index (χ0) is 18.3. The molecule has 0 fully saturated rings. The summed E-state index contributed by atoms with van der Waals surface area (Å²) in [5.41, 5.74) is -0.356. The number of anilines is 1. The van der Waals surface area contributed by atoms with Crippen LogP contribution in [0, 0.1) is 10.1 Å². The smallest absolute Gasteiger partial charge is 0.348 e. The van der Waals surface area contributed by atoms with Gasteiger partial charge in [0.15, 0.2) is 0 Å². The first-order valence-electron chi connectivity index (χ1n) is 6.63. The highest BCUT2D eigenvalue weighted by Gasteiger charge is 2.38. The quantitative estimate of drug-likeness (QED) is 0.346. The molecule has 2 amide bonds. The maximum Gasteiger partial charge on any atom is 0.471 e. The fraction of sp³-hybridized carbons (Fsp3) is 0.385. The van der Waals surface area contributed by atoms with Crippen LogP contribution in [0.1, 0.15) is 6.42 Å². The van der Waals surface area contributed by atoms with Crippen LogP contribution < -0.4 is 10.2 Å². The van der Waals surface area contributed by atoms with Crippen molar-refractivity contribution in [3.63, 3.8) is 0 Å². The van der Waals surface area contributed by atoms with Crippen LogP contribution in [0.15, 0.2) is 24.3 Å². The Balaban J connectivity index is 2.80. The minimum atomic E-state index is -5.00. The van der Waals surface area contributed by atoms with E-state index in [1.54, 1.807) is 5.32 Å². The lowest BCUT2D eigenvalue weighted by atomic mass is 10.2. The molecule has 0 aliphatic rings. The predicted octanol–water partition coefficient (Wildman–Crippen LogP) is 2.24. The van der Waals surface area contributed by atoms with Crippen LogP contribution in [-0.4, -0.2) is 41.9 Å². The van der Waals surface area contributed by atoms with Crippen LogP contribution in [0.5, 0.6) is 0 Å². The molecular formula is C13H13ClF3N3O4. The molecule has 0 atom stereocenters. The fourth-order valence-corrected chi connectivity index (χ4v) is 1.98. The van der Waals surface area contributed by atoms with Crippen molar-refractivity contribution in [2.75, 3.05) is 23.9 Å². The van der Waals surface area contributed by atoms with Crippen molar-refractivity contribution in [2.24, 2.45) is 0 Å². The molecule has 24 heavy (non-hydrogen) atoms. The molecule has 1 aromatic carbocycles. The van der Waals surface area contributed by atoms with E-state index in [4.69, 9.17) is 11.6 Å². The molecule has 0 heterocycles. The lowest BCUT2D eigenvalue weighted by Crippen LogP contribution is -2.39. The maximum atomic E-state index is 12.1. The number of benzene rings is 1. The molecule has 7 nitrogen and oxygen atoms in total. The van der Waals surface area contributed by atoms with E-state index in [1.807, 2.05) is 0 Å². The Morgan fingerprint density at radius 2 is 1.92 bits per heavy atom. The van der Waals surface area contributed by atoms with E-state index in [2.05, 4.69) is 0 Å². The summed E-state index contributed by atoms with van der Waals surface area (Å²) in [7, 11) is 0. The van der Waals surface area contributed by atoms with Gasteiger partial charge in [0.1, 0.15) is 11.6 Å². The van der Waals surface area contributed by atoms with Crippen LogP contribution in [-0.2, 0) is 9.59 Å². The van der Waals surface area contributed by atoms with Gasteiger partial charge in [0.05, 0.1) is 4.92 Å². The number of hydrogen-bond acceptors (Lipinski definition) is 4. The predicted molar refractivity (Wildman–Crippen MR) is 79.9 cm³/mol. The highest BCUT2D eigenvalue weighted by molar-refractivity contribution is 6.29. The Morgan fingerprint density at radius 1 is 1.29 bits per heavy atom. The number of nitro benzene ring substituents is 1. The van der Waals surface area contributed by atoms with Gasteiger partial charge in [0, 0.05) is 19.2 Å². The molecule has 0 saturated heterocycles. The summed E-state index contributed by atoms with van der Waals surface area (Å²) in [5.74, 6) is -3.20. The van der Waals surface area contributed by atoms with Crippen molar-refractivity contribution in [1.29, 1.82) is 0 Å². The number of carbonyl (C=O) groups is 2. The number of nitrogens with zero attached hydrogens (tertiary/aromatic N) is 2. The van der Waals surface area contributed by atoms with Crippen LogP contribution in [0.4, 0.5) is 24.5 Å². The second-order valence-corrected chi connectivity index (χ2v) is 4.80. The van der Waals surface area contributed by atoms with E-state index in [9.17, 15) is 32.9 Å². The fourth-order valence-electron chi connectivity index (χ4n) is 1.84.